The molecule has 1 heteroatoms. The highest BCUT2D eigenvalue weighted by molar-refractivity contribution is 5.75. The van der Waals surface area contributed by atoms with Crippen molar-refractivity contribution < 1.29 is 0 Å². The lowest BCUT2D eigenvalue weighted by Crippen LogP contribution is -1.66. The van der Waals surface area contributed by atoms with Crippen LogP contribution in [-0.4, -0.2) is 23.1 Å². The number of hydrogen-bond donors (Lipinski definition) is 0. The van der Waals surface area contributed by atoms with Crippen LogP contribution in [0.2, 0.25) is 0 Å². The quantitative estimate of drug-likeness (QED) is 0.385. The van der Waals surface area contributed by atoms with Crippen molar-refractivity contribution in [2.45, 2.75) is 39.5 Å². The minimum absolute atomic E-state index is 0. The molecule has 0 aromatic rings. The summed E-state index contributed by atoms with van der Waals surface area (Å²) in [6.45, 7) is 4.46. The maximum atomic E-state index is 2.23. The van der Waals surface area contributed by atoms with E-state index in [-0.39, 0.29) is 23.1 Å². The minimum Gasteiger partial charge on any atom is -0.0654 e. The van der Waals surface area contributed by atoms with Crippen molar-refractivity contribution in [3.8, 4) is 0 Å². The molecule has 0 aliphatic carbocycles. The Kier molecular flexibility index (Phi) is 15.1. The smallest absolute Gasteiger partial charge is 0.0654 e. The van der Waals surface area contributed by atoms with Gasteiger partial charge in [0.25, 0.3) is 0 Å². The van der Waals surface area contributed by atoms with Gasteiger partial charge in [-0.05, 0) is 0 Å². The molecule has 0 radical (unpaired) electrons. The molecule has 0 amide bonds. The van der Waals surface area contributed by atoms with Gasteiger partial charge in [-0.2, -0.15) is 0 Å². The number of rotatable bonds is 3. The molecule has 0 heterocycles. The highest BCUT2D eigenvalue weighted by Gasteiger charge is 1.75. The summed E-state index contributed by atoms with van der Waals surface area (Å²) < 4.78 is 0. The van der Waals surface area contributed by atoms with Gasteiger partial charge in [-0.25, -0.2) is 0 Å². The van der Waals surface area contributed by atoms with Gasteiger partial charge in [0, 0.05) is 0 Å². The highest BCUT2D eigenvalue weighted by Crippen LogP contribution is 1.95. The Bertz CT molecular complexity index is 16.1. The van der Waals surface area contributed by atoms with E-state index in [2.05, 4.69) is 13.8 Å². The number of unbranched alkanes of at least 4 members (excludes halogenated alkanes) is 3. The van der Waals surface area contributed by atoms with Crippen LogP contribution in [-0.2, 0) is 0 Å². The third kappa shape index (κ3) is 10.8. The SMILES string of the molecule is CCCCCC.[MgH2]. The molecule has 0 atom stereocenters. The predicted octanol–water partition coefficient (Wildman–Crippen LogP) is 1.67. The van der Waals surface area contributed by atoms with Gasteiger partial charge in [0.15, 0.2) is 0 Å². The van der Waals surface area contributed by atoms with Crippen molar-refractivity contribution in [3.05, 3.63) is 0 Å². The molecule has 7 heavy (non-hydrogen) atoms. The van der Waals surface area contributed by atoms with E-state index in [9.17, 15) is 0 Å². The molecule has 0 spiro atoms. The fourth-order valence-corrected chi connectivity index (χ4v) is 0.500. The first-order valence-electron chi connectivity index (χ1n) is 2.91. The molecule has 0 aliphatic heterocycles. The van der Waals surface area contributed by atoms with Gasteiger partial charge in [0.05, 0.1) is 0 Å². The van der Waals surface area contributed by atoms with Crippen LogP contribution >= 0.6 is 0 Å². The molecule has 0 unspecified atom stereocenters. The summed E-state index contributed by atoms with van der Waals surface area (Å²) in [4.78, 5) is 0. The molecule has 0 bridgehead atoms. The van der Waals surface area contributed by atoms with Gasteiger partial charge in [-0.15, -0.1) is 0 Å². The Balaban J connectivity index is 0. The second-order valence-corrected chi connectivity index (χ2v) is 1.71. The van der Waals surface area contributed by atoms with Crippen molar-refractivity contribution >= 4 is 23.1 Å². The van der Waals surface area contributed by atoms with Crippen LogP contribution in [0.25, 0.3) is 0 Å². The molecular weight excluding hydrogens is 96.4 g/mol. The Morgan fingerprint density at radius 3 is 1.29 bits per heavy atom. The lowest BCUT2D eigenvalue weighted by atomic mass is 10.2. The fraction of sp³-hybridized carbons (Fsp3) is 1.00. The monoisotopic (exact) mass is 112 g/mol. The second-order valence-electron chi connectivity index (χ2n) is 1.71. The van der Waals surface area contributed by atoms with Crippen LogP contribution < -0.4 is 0 Å². The molecule has 0 fully saturated rings. The molecular formula is C6H16Mg. The third-order valence-electron chi connectivity index (χ3n) is 0.957. The molecule has 0 saturated carbocycles. The van der Waals surface area contributed by atoms with E-state index >= 15 is 0 Å². The van der Waals surface area contributed by atoms with E-state index in [4.69, 9.17) is 0 Å². The first-order chi connectivity index (χ1) is 2.91. The maximum Gasteiger partial charge on any atom is 0.316 e. The molecule has 0 aliphatic rings. The van der Waals surface area contributed by atoms with Crippen LogP contribution in [0.5, 0.6) is 0 Å². The molecule has 0 saturated heterocycles. The first kappa shape index (κ1) is 10.7. The van der Waals surface area contributed by atoms with E-state index < -0.39 is 0 Å². The Morgan fingerprint density at radius 1 is 0.857 bits per heavy atom. The Hall–Kier alpha value is 0.766. The standard InChI is InChI=1S/C6H14.Mg.2H/c1-3-5-6-4-2;;;/h3-6H2,1-2H3;;;. The van der Waals surface area contributed by atoms with Crippen LogP contribution in [0.15, 0.2) is 0 Å². The van der Waals surface area contributed by atoms with E-state index in [1.807, 2.05) is 0 Å². The van der Waals surface area contributed by atoms with Crippen molar-refractivity contribution in [1.82, 2.24) is 0 Å². The predicted molar refractivity (Wildman–Crippen MR) is 38.4 cm³/mol. The van der Waals surface area contributed by atoms with Crippen LogP contribution in [0.1, 0.15) is 39.5 Å². The third-order valence-corrected chi connectivity index (χ3v) is 0.957. The molecule has 0 aromatic heterocycles. The van der Waals surface area contributed by atoms with E-state index in [0.29, 0.717) is 0 Å². The molecule has 0 nitrogen and oxygen atoms in total. The zero-order valence-electron chi connectivity index (χ0n) is 4.83. The lowest BCUT2D eigenvalue weighted by molar-refractivity contribution is 0.702. The Morgan fingerprint density at radius 2 is 1.14 bits per heavy atom. The summed E-state index contributed by atoms with van der Waals surface area (Å²) in [7, 11) is 0. The average molecular weight is 112 g/mol. The van der Waals surface area contributed by atoms with E-state index in [1.165, 1.54) is 25.7 Å². The molecule has 0 rings (SSSR count). The first-order valence-corrected chi connectivity index (χ1v) is 2.91. The molecule has 0 N–H and O–H groups in total. The summed E-state index contributed by atoms with van der Waals surface area (Å²) in [5, 5.41) is 0. The van der Waals surface area contributed by atoms with E-state index in [0.717, 1.165) is 0 Å². The lowest BCUT2D eigenvalue weighted by Gasteiger charge is -1.86. The second kappa shape index (κ2) is 9.90. The van der Waals surface area contributed by atoms with Crippen molar-refractivity contribution in [1.29, 1.82) is 0 Å². The highest BCUT2D eigenvalue weighted by atomic mass is 24.3. The largest absolute Gasteiger partial charge is 0.316 e. The maximum absolute atomic E-state index is 2.23. The zero-order chi connectivity index (χ0) is 4.83. The van der Waals surface area contributed by atoms with Crippen molar-refractivity contribution in [3.63, 3.8) is 0 Å². The molecule has 0 aromatic carbocycles. The zero-order valence-corrected chi connectivity index (χ0v) is 4.83. The Labute approximate surface area is 62.8 Å². The van der Waals surface area contributed by atoms with Crippen molar-refractivity contribution in [2.24, 2.45) is 0 Å². The van der Waals surface area contributed by atoms with E-state index in [1.54, 1.807) is 0 Å². The van der Waals surface area contributed by atoms with Gasteiger partial charge in [0.1, 0.15) is 0 Å². The van der Waals surface area contributed by atoms with Crippen molar-refractivity contribution in [2.75, 3.05) is 0 Å². The van der Waals surface area contributed by atoms with Crippen LogP contribution in [0, 0.1) is 0 Å². The fourth-order valence-electron chi connectivity index (χ4n) is 0.500. The minimum atomic E-state index is 0. The number of hydrogen-bond acceptors (Lipinski definition) is 0. The summed E-state index contributed by atoms with van der Waals surface area (Å²) in [5.41, 5.74) is 0. The van der Waals surface area contributed by atoms with Gasteiger partial charge in [-0.1, -0.05) is 39.5 Å². The van der Waals surface area contributed by atoms with Gasteiger partial charge in [-0.3, -0.25) is 0 Å². The van der Waals surface area contributed by atoms with Gasteiger partial charge >= 0.3 is 23.1 Å². The summed E-state index contributed by atoms with van der Waals surface area (Å²) >= 11 is 0. The normalized spacial score (nSPS) is 7.71. The summed E-state index contributed by atoms with van der Waals surface area (Å²) in [6.07, 6.45) is 5.54. The average Bonchev–Trinajstić information content (AvgIpc) is 1.61. The summed E-state index contributed by atoms with van der Waals surface area (Å²) in [5.74, 6) is 0. The van der Waals surface area contributed by atoms with Crippen LogP contribution in [0.4, 0.5) is 0 Å². The van der Waals surface area contributed by atoms with Crippen LogP contribution in [0.3, 0.4) is 0 Å². The van der Waals surface area contributed by atoms with Gasteiger partial charge < -0.3 is 0 Å². The van der Waals surface area contributed by atoms with Gasteiger partial charge in [0.2, 0.25) is 0 Å². The topological polar surface area (TPSA) is 0 Å². The molecule has 42 valence electrons. The summed E-state index contributed by atoms with van der Waals surface area (Å²) in [6, 6.07) is 0.